The van der Waals surface area contributed by atoms with E-state index < -0.39 is 0 Å². The van der Waals surface area contributed by atoms with Gasteiger partial charge in [0, 0.05) is 38.3 Å². The highest BCUT2D eigenvalue weighted by Crippen LogP contribution is 2.36. The lowest BCUT2D eigenvalue weighted by atomic mass is 10.0. The van der Waals surface area contributed by atoms with E-state index in [0.29, 0.717) is 29.1 Å². The Balaban J connectivity index is 2.01. The van der Waals surface area contributed by atoms with Gasteiger partial charge in [0.15, 0.2) is 0 Å². The third-order valence-corrected chi connectivity index (χ3v) is 5.32. The van der Waals surface area contributed by atoms with E-state index in [2.05, 4.69) is 23.8 Å². The van der Waals surface area contributed by atoms with Crippen molar-refractivity contribution >= 4 is 17.4 Å². The highest BCUT2D eigenvalue weighted by atomic mass is 16.5. The first kappa shape index (κ1) is 19.4. The number of carbonyl (C=O) groups excluding carboxylic acids is 2. The number of carbonyl (C=O) groups is 2. The van der Waals surface area contributed by atoms with Crippen LogP contribution in [0.25, 0.3) is 5.57 Å². The second-order valence-corrected chi connectivity index (χ2v) is 7.18. The van der Waals surface area contributed by atoms with Crippen LogP contribution >= 0.6 is 0 Å². The number of para-hydroxylation sites is 1. The Bertz CT molecular complexity index is 736. The average molecular weight is 371 g/mol. The molecule has 1 aromatic carbocycles. The number of likely N-dealkylation sites (N-methyl/N-ethyl adjacent to an activating group) is 1. The predicted molar refractivity (Wildman–Crippen MR) is 105 cm³/mol. The molecule has 2 aliphatic heterocycles. The minimum atomic E-state index is -0.200. The van der Waals surface area contributed by atoms with Gasteiger partial charge in [-0.25, -0.2) is 0 Å². The van der Waals surface area contributed by atoms with Crippen molar-refractivity contribution in [2.24, 2.45) is 0 Å². The summed E-state index contributed by atoms with van der Waals surface area (Å²) < 4.78 is 5.48. The zero-order valence-corrected chi connectivity index (χ0v) is 16.5. The largest absolute Gasteiger partial charge is 0.496 e. The SMILES string of the molecule is CCCCCN1C(=O)C(c2ccccc2OC)=C(N2CCN(C)CC2)C1=O. The number of piperazine rings is 1. The van der Waals surface area contributed by atoms with Gasteiger partial charge in [-0.15, -0.1) is 0 Å². The maximum atomic E-state index is 13.3. The van der Waals surface area contributed by atoms with E-state index in [4.69, 9.17) is 4.74 Å². The first-order chi connectivity index (χ1) is 13.1. The van der Waals surface area contributed by atoms with Crippen LogP contribution in [0.1, 0.15) is 31.7 Å². The van der Waals surface area contributed by atoms with Crippen molar-refractivity contribution in [1.29, 1.82) is 0 Å². The van der Waals surface area contributed by atoms with Crippen LogP contribution in [-0.4, -0.2) is 73.4 Å². The molecule has 1 aromatic rings. The first-order valence-corrected chi connectivity index (χ1v) is 9.75. The standard InChI is InChI=1S/C21H29N3O3/c1-4-5-8-11-24-20(25)18(16-9-6-7-10-17(16)27-3)19(21(24)26)23-14-12-22(2)13-15-23/h6-7,9-10H,4-5,8,11-15H2,1-3H3. The molecular formula is C21H29N3O3. The lowest BCUT2D eigenvalue weighted by Gasteiger charge is -2.34. The van der Waals surface area contributed by atoms with Crippen LogP contribution < -0.4 is 4.74 Å². The topological polar surface area (TPSA) is 53.1 Å². The number of imide groups is 1. The number of amides is 2. The second kappa shape index (κ2) is 8.57. The number of ether oxygens (including phenoxy) is 1. The van der Waals surface area contributed by atoms with Crippen molar-refractivity contribution in [3.05, 3.63) is 35.5 Å². The van der Waals surface area contributed by atoms with Gasteiger partial charge in [0.1, 0.15) is 11.4 Å². The Kier molecular flexibility index (Phi) is 6.16. The van der Waals surface area contributed by atoms with Crippen molar-refractivity contribution in [2.45, 2.75) is 26.2 Å². The summed E-state index contributed by atoms with van der Waals surface area (Å²) in [6, 6.07) is 7.45. The zero-order valence-electron chi connectivity index (χ0n) is 16.5. The van der Waals surface area contributed by atoms with Gasteiger partial charge in [0.05, 0.1) is 12.7 Å². The van der Waals surface area contributed by atoms with Gasteiger partial charge < -0.3 is 14.5 Å². The maximum Gasteiger partial charge on any atom is 0.277 e. The Morgan fingerprint density at radius 1 is 1.00 bits per heavy atom. The van der Waals surface area contributed by atoms with Crippen LogP contribution in [0.4, 0.5) is 0 Å². The summed E-state index contributed by atoms with van der Waals surface area (Å²) in [7, 11) is 3.67. The molecule has 2 amide bonds. The first-order valence-electron chi connectivity index (χ1n) is 9.75. The molecule has 0 radical (unpaired) electrons. The molecule has 0 unspecified atom stereocenters. The molecule has 3 rings (SSSR count). The number of nitrogens with zero attached hydrogens (tertiary/aromatic N) is 3. The van der Waals surface area contributed by atoms with E-state index >= 15 is 0 Å². The number of hydrogen-bond acceptors (Lipinski definition) is 5. The minimum Gasteiger partial charge on any atom is -0.496 e. The molecule has 0 aromatic heterocycles. The third-order valence-electron chi connectivity index (χ3n) is 5.32. The molecule has 0 N–H and O–H groups in total. The summed E-state index contributed by atoms with van der Waals surface area (Å²) in [5, 5.41) is 0. The molecule has 2 aliphatic rings. The molecule has 0 atom stereocenters. The van der Waals surface area contributed by atoms with Crippen molar-refractivity contribution in [2.75, 3.05) is 46.9 Å². The van der Waals surface area contributed by atoms with Crippen LogP contribution in [0.5, 0.6) is 5.75 Å². The van der Waals surface area contributed by atoms with Crippen LogP contribution in [-0.2, 0) is 9.59 Å². The lowest BCUT2D eigenvalue weighted by molar-refractivity contribution is -0.137. The maximum absolute atomic E-state index is 13.3. The fraction of sp³-hybridized carbons (Fsp3) is 0.524. The fourth-order valence-electron chi connectivity index (χ4n) is 3.70. The Morgan fingerprint density at radius 3 is 2.37 bits per heavy atom. The van der Waals surface area contributed by atoms with Gasteiger partial charge in [-0.2, -0.15) is 0 Å². The van der Waals surface area contributed by atoms with Crippen molar-refractivity contribution in [3.63, 3.8) is 0 Å². The highest BCUT2D eigenvalue weighted by Gasteiger charge is 2.42. The van der Waals surface area contributed by atoms with Gasteiger partial charge in [-0.1, -0.05) is 38.0 Å². The number of rotatable bonds is 7. The van der Waals surface area contributed by atoms with Gasteiger partial charge >= 0.3 is 0 Å². The Hall–Kier alpha value is -2.34. The molecule has 6 heteroatoms. The summed E-state index contributed by atoms with van der Waals surface area (Å²) in [5.74, 6) is 0.256. The van der Waals surface area contributed by atoms with Crippen molar-refractivity contribution in [1.82, 2.24) is 14.7 Å². The van der Waals surface area contributed by atoms with E-state index in [-0.39, 0.29) is 11.8 Å². The molecule has 1 saturated heterocycles. The third kappa shape index (κ3) is 3.86. The van der Waals surface area contributed by atoms with E-state index in [1.807, 2.05) is 24.3 Å². The molecular weight excluding hydrogens is 342 g/mol. The van der Waals surface area contributed by atoms with E-state index in [0.717, 1.165) is 45.4 Å². The van der Waals surface area contributed by atoms with Gasteiger partial charge in [-0.3, -0.25) is 14.5 Å². The number of benzene rings is 1. The van der Waals surface area contributed by atoms with Gasteiger partial charge in [0.2, 0.25) is 0 Å². The normalized spacial score (nSPS) is 18.6. The van der Waals surface area contributed by atoms with Crippen LogP contribution in [0.2, 0.25) is 0 Å². The molecule has 2 heterocycles. The summed E-state index contributed by atoms with van der Waals surface area (Å²) >= 11 is 0. The molecule has 0 bridgehead atoms. The number of methoxy groups -OCH3 is 1. The Morgan fingerprint density at radius 2 is 1.70 bits per heavy atom. The number of hydrogen-bond donors (Lipinski definition) is 0. The fourth-order valence-corrected chi connectivity index (χ4v) is 3.70. The molecule has 27 heavy (non-hydrogen) atoms. The predicted octanol–water partition coefficient (Wildman–Crippen LogP) is 2.21. The van der Waals surface area contributed by atoms with Crippen LogP contribution in [0, 0.1) is 0 Å². The summed E-state index contributed by atoms with van der Waals surface area (Å²) in [6.07, 6.45) is 2.89. The molecule has 1 fully saturated rings. The minimum absolute atomic E-state index is 0.165. The molecule has 0 aliphatic carbocycles. The summed E-state index contributed by atoms with van der Waals surface area (Å²) in [6.45, 7) is 5.82. The van der Waals surface area contributed by atoms with E-state index in [1.165, 1.54) is 4.90 Å². The second-order valence-electron chi connectivity index (χ2n) is 7.18. The van der Waals surface area contributed by atoms with Crippen molar-refractivity contribution in [3.8, 4) is 5.75 Å². The van der Waals surface area contributed by atoms with E-state index in [9.17, 15) is 9.59 Å². The quantitative estimate of drug-likeness (QED) is 0.543. The summed E-state index contributed by atoms with van der Waals surface area (Å²) in [4.78, 5) is 32.2. The van der Waals surface area contributed by atoms with Crippen LogP contribution in [0.15, 0.2) is 30.0 Å². The van der Waals surface area contributed by atoms with E-state index in [1.54, 1.807) is 7.11 Å². The molecule has 0 saturated carbocycles. The highest BCUT2D eigenvalue weighted by molar-refractivity contribution is 6.36. The average Bonchev–Trinajstić information content (AvgIpc) is 2.93. The molecule has 146 valence electrons. The smallest absolute Gasteiger partial charge is 0.277 e. The van der Waals surface area contributed by atoms with Gasteiger partial charge in [-0.05, 0) is 19.5 Å². The summed E-state index contributed by atoms with van der Waals surface area (Å²) in [5.41, 5.74) is 1.72. The Labute approximate surface area is 161 Å². The van der Waals surface area contributed by atoms with Gasteiger partial charge in [0.25, 0.3) is 11.8 Å². The number of unbranched alkanes of at least 4 members (excludes halogenated alkanes) is 2. The molecule has 6 nitrogen and oxygen atoms in total. The molecule has 0 spiro atoms. The van der Waals surface area contributed by atoms with Crippen molar-refractivity contribution < 1.29 is 14.3 Å². The van der Waals surface area contributed by atoms with Crippen LogP contribution in [0.3, 0.4) is 0 Å². The lowest BCUT2D eigenvalue weighted by Crippen LogP contribution is -2.46. The zero-order chi connectivity index (χ0) is 19.4. The monoisotopic (exact) mass is 371 g/mol.